The first kappa shape index (κ1) is 26.6. The van der Waals surface area contributed by atoms with Gasteiger partial charge in [0.25, 0.3) is 0 Å². The Morgan fingerprint density at radius 3 is 1.35 bits per heavy atom. The third-order valence-electron chi connectivity index (χ3n) is 6.07. The summed E-state index contributed by atoms with van der Waals surface area (Å²) in [6.07, 6.45) is 5.03. The van der Waals surface area contributed by atoms with Gasteiger partial charge in [0.1, 0.15) is 23.8 Å². The summed E-state index contributed by atoms with van der Waals surface area (Å²) in [5.74, 6) is 0. The standard InChI is InChI=1S/C27H34N8S2/c1-5-34(24-12-8-22(9-13-24)28-30-26-32(3)18-20-36-26)16-7-17-35(6-2)25-14-10-23(11-15-25)29-31-27-33(4)19-21-37-27/h8-15,18-21H,5-7,16-17H2,1-4H3/q+2. The van der Waals surface area contributed by atoms with E-state index < -0.39 is 0 Å². The molecule has 0 amide bonds. The summed E-state index contributed by atoms with van der Waals surface area (Å²) >= 11 is 3.15. The fourth-order valence-corrected chi connectivity index (χ4v) is 5.26. The molecule has 0 spiro atoms. The molecule has 192 valence electrons. The van der Waals surface area contributed by atoms with E-state index in [1.54, 1.807) is 22.7 Å². The van der Waals surface area contributed by atoms with Crippen LogP contribution in [-0.4, -0.2) is 26.2 Å². The van der Waals surface area contributed by atoms with Crippen LogP contribution in [0.15, 0.2) is 92.1 Å². The van der Waals surface area contributed by atoms with Gasteiger partial charge >= 0.3 is 10.3 Å². The van der Waals surface area contributed by atoms with E-state index in [-0.39, 0.29) is 0 Å². The lowest BCUT2D eigenvalue weighted by Gasteiger charge is -2.27. The molecule has 4 rings (SSSR count). The van der Waals surface area contributed by atoms with Crippen molar-refractivity contribution < 1.29 is 9.13 Å². The van der Waals surface area contributed by atoms with Crippen molar-refractivity contribution in [1.29, 1.82) is 0 Å². The molecular weight excluding hydrogens is 500 g/mol. The number of thiazole rings is 2. The molecule has 0 saturated carbocycles. The van der Waals surface area contributed by atoms with Crippen LogP contribution < -0.4 is 18.9 Å². The van der Waals surface area contributed by atoms with Gasteiger partial charge in [-0.15, -0.1) is 0 Å². The molecule has 37 heavy (non-hydrogen) atoms. The summed E-state index contributed by atoms with van der Waals surface area (Å²) in [7, 11) is 3.95. The monoisotopic (exact) mass is 534 g/mol. The molecule has 0 radical (unpaired) electrons. The van der Waals surface area contributed by atoms with Crippen LogP contribution in [0.4, 0.5) is 33.0 Å². The molecule has 10 heteroatoms. The zero-order valence-corrected chi connectivity index (χ0v) is 23.5. The van der Waals surface area contributed by atoms with Crippen molar-refractivity contribution in [2.45, 2.75) is 20.3 Å². The van der Waals surface area contributed by atoms with E-state index in [1.165, 1.54) is 11.4 Å². The number of rotatable bonds is 12. The average Bonchev–Trinajstić information content (AvgIpc) is 3.54. The number of aromatic nitrogens is 2. The lowest BCUT2D eigenvalue weighted by Crippen LogP contribution is -2.30. The van der Waals surface area contributed by atoms with Crippen molar-refractivity contribution in [2.24, 2.45) is 34.6 Å². The number of hydrogen-bond donors (Lipinski definition) is 0. The highest BCUT2D eigenvalue weighted by molar-refractivity contribution is 7.13. The zero-order valence-electron chi connectivity index (χ0n) is 21.9. The molecule has 0 fully saturated rings. The smallest absolute Gasteiger partial charge is 0.372 e. The summed E-state index contributed by atoms with van der Waals surface area (Å²) in [5.41, 5.74) is 4.13. The maximum Gasteiger partial charge on any atom is 0.408 e. The van der Waals surface area contributed by atoms with Crippen molar-refractivity contribution in [3.63, 3.8) is 0 Å². The third-order valence-corrected chi connectivity index (χ3v) is 7.75. The Labute approximate surface area is 226 Å². The second-order valence-corrected chi connectivity index (χ2v) is 10.3. The maximum absolute atomic E-state index is 4.38. The van der Waals surface area contributed by atoms with Gasteiger partial charge in [0.2, 0.25) is 0 Å². The molecule has 2 aromatic heterocycles. The van der Waals surface area contributed by atoms with E-state index in [4.69, 9.17) is 0 Å². The quantitative estimate of drug-likeness (QED) is 0.145. The molecule has 2 aromatic carbocycles. The largest absolute Gasteiger partial charge is 0.408 e. The van der Waals surface area contributed by atoms with E-state index >= 15 is 0 Å². The fourth-order valence-electron chi connectivity index (χ4n) is 3.90. The summed E-state index contributed by atoms with van der Waals surface area (Å²) in [5, 5.41) is 23.2. The molecule has 0 atom stereocenters. The normalized spacial score (nSPS) is 11.6. The van der Waals surface area contributed by atoms with Crippen molar-refractivity contribution in [3.8, 4) is 0 Å². The molecule has 0 saturated heterocycles. The molecule has 0 aliphatic heterocycles. The van der Waals surface area contributed by atoms with E-state index in [1.807, 2.05) is 70.6 Å². The second kappa shape index (κ2) is 13.2. The lowest BCUT2D eigenvalue weighted by molar-refractivity contribution is -0.654. The van der Waals surface area contributed by atoms with E-state index in [9.17, 15) is 0 Å². The van der Waals surface area contributed by atoms with Gasteiger partial charge in [0.05, 0.1) is 24.3 Å². The number of benzene rings is 2. The Hall–Kier alpha value is -3.50. The molecular formula is C27H34N8S2+2. The molecule has 0 bridgehead atoms. The molecule has 8 nitrogen and oxygen atoms in total. The Morgan fingerprint density at radius 1 is 0.622 bits per heavy atom. The van der Waals surface area contributed by atoms with Crippen molar-refractivity contribution >= 4 is 55.7 Å². The van der Waals surface area contributed by atoms with Crippen LogP contribution in [0.1, 0.15) is 20.3 Å². The van der Waals surface area contributed by atoms with Gasteiger partial charge in [-0.05, 0) is 102 Å². The van der Waals surface area contributed by atoms with Gasteiger partial charge in [0, 0.05) is 48.3 Å². The SMILES string of the molecule is CCN(CCCN(CC)c1ccc(N=Nc2scc[n+]2C)cc1)c1ccc(N=Nc2scc[n+]2C)cc1. The van der Waals surface area contributed by atoms with Crippen molar-refractivity contribution in [2.75, 3.05) is 36.0 Å². The van der Waals surface area contributed by atoms with Gasteiger partial charge in [-0.2, -0.15) is 0 Å². The minimum absolute atomic E-state index is 0.859. The molecule has 2 heterocycles. The number of aryl methyl sites for hydroxylation is 2. The summed E-state index contributed by atoms with van der Waals surface area (Å²) < 4.78 is 3.93. The van der Waals surface area contributed by atoms with Gasteiger partial charge < -0.3 is 9.80 Å². The van der Waals surface area contributed by atoms with Gasteiger partial charge in [-0.3, -0.25) is 0 Å². The number of anilines is 2. The molecule has 0 unspecified atom stereocenters. The van der Waals surface area contributed by atoms with Crippen molar-refractivity contribution in [1.82, 2.24) is 0 Å². The minimum atomic E-state index is 0.859. The van der Waals surface area contributed by atoms with Crippen LogP contribution in [0, 0.1) is 0 Å². The van der Waals surface area contributed by atoms with Crippen LogP contribution in [0.25, 0.3) is 0 Å². The lowest BCUT2D eigenvalue weighted by atomic mass is 10.2. The topological polar surface area (TPSA) is 63.7 Å². The Balaban J connectivity index is 1.29. The molecule has 0 N–H and O–H groups in total. The Bertz CT molecular complexity index is 1210. The first-order valence-corrected chi connectivity index (χ1v) is 14.2. The third kappa shape index (κ3) is 7.27. The molecule has 0 aliphatic rings. The number of nitrogens with zero attached hydrogens (tertiary/aromatic N) is 8. The van der Waals surface area contributed by atoms with Crippen LogP contribution in [0.3, 0.4) is 0 Å². The minimum Gasteiger partial charge on any atom is -0.372 e. The Kier molecular flexibility index (Phi) is 9.45. The van der Waals surface area contributed by atoms with Gasteiger partial charge in [-0.1, -0.05) is 0 Å². The van der Waals surface area contributed by atoms with Gasteiger partial charge in [0.15, 0.2) is 0 Å². The summed E-state index contributed by atoms with van der Waals surface area (Å²) in [6, 6.07) is 16.7. The number of hydrogen-bond acceptors (Lipinski definition) is 8. The maximum atomic E-state index is 4.38. The highest BCUT2D eigenvalue weighted by Crippen LogP contribution is 2.24. The first-order chi connectivity index (χ1) is 18.1. The predicted molar refractivity (Wildman–Crippen MR) is 153 cm³/mol. The van der Waals surface area contributed by atoms with Crippen molar-refractivity contribution in [3.05, 3.63) is 71.7 Å². The summed E-state index contributed by atoms with van der Waals surface area (Å²) in [6.45, 7) is 8.29. The highest BCUT2D eigenvalue weighted by atomic mass is 32.1. The average molecular weight is 535 g/mol. The van der Waals surface area contributed by atoms with E-state index in [2.05, 4.69) is 68.4 Å². The second-order valence-electron chi connectivity index (χ2n) is 8.54. The molecule has 4 aromatic rings. The van der Waals surface area contributed by atoms with Crippen LogP contribution in [-0.2, 0) is 14.1 Å². The Morgan fingerprint density at radius 2 is 1.03 bits per heavy atom. The van der Waals surface area contributed by atoms with Gasteiger partial charge in [-0.25, -0.2) is 9.13 Å². The highest BCUT2D eigenvalue weighted by Gasteiger charge is 2.11. The molecule has 0 aliphatic carbocycles. The van der Waals surface area contributed by atoms with E-state index in [0.29, 0.717) is 0 Å². The van der Waals surface area contributed by atoms with E-state index in [0.717, 1.165) is 54.2 Å². The summed E-state index contributed by atoms with van der Waals surface area (Å²) in [4.78, 5) is 4.81. The zero-order chi connectivity index (χ0) is 26.0. The number of azo groups is 2. The van der Waals surface area contributed by atoms with Crippen LogP contribution in [0.5, 0.6) is 0 Å². The van der Waals surface area contributed by atoms with Crippen LogP contribution >= 0.6 is 22.7 Å². The fraction of sp³-hybridized carbons (Fsp3) is 0.333. The first-order valence-electron chi connectivity index (χ1n) is 12.5. The van der Waals surface area contributed by atoms with Crippen LogP contribution in [0.2, 0.25) is 0 Å². The predicted octanol–water partition coefficient (Wildman–Crippen LogP) is 7.03.